The van der Waals surface area contributed by atoms with Gasteiger partial charge in [0.2, 0.25) is 0 Å². The first-order valence-electron chi connectivity index (χ1n) is 33.3. The highest BCUT2D eigenvalue weighted by atomic mass is 19.4. The number of carbonyl (C=O) groups is 5. The number of likely N-dealkylation sites (N-methyl/N-ethyl adjacent to an activating group) is 1. The third-order valence-electron chi connectivity index (χ3n) is 16.8. The molecule has 1 atom stereocenters. The van der Waals surface area contributed by atoms with Crippen LogP contribution in [0.2, 0.25) is 0 Å². The number of aryl methyl sites for hydroxylation is 3. The summed E-state index contributed by atoms with van der Waals surface area (Å²) in [4.78, 5) is 88.7. The molecule has 552 valence electrons. The molecule has 4 aromatic heterocycles. The highest BCUT2D eigenvalue weighted by Gasteiger charge is 2.35. The van der Waals surface area contributed by atoms with Crippen molar-refractivity contribution in [2.75, 3.05) is 86.1 Å². The van der Waals surface area contributed by atoms with Gasteiger partial charge in [-0.3, -0.25) is 24.1 Å². The monoisotopic (exact) mass is 1470 g/mol. The molecule has 0 spiro atoms. The third-order valence-corrected chi connectivity index (χ3v) is 16.8. The fourth-order valence-electron chi connectivity index (χ4n) is 11.2. The Labute approximate surface area is 609 Å². The van der Waals surface area contributed by atoms with Crippen molar-refractivity contribution in [3.63, 3.8) is 0 Å². The van der Waals surface area contributed by atoms with Crippen LogP contribution in [0, 0.1) is 55.2 Å². The summed E-state index contributed by atoms with van der Waals surface area (Å²) in [6.45, 7) is 10.2. The van der Waals surface area contributed by atoms with Crippen molar-refractivity contribution in [3.8, 4) is 35.5 Å². The van der Waals surface area contributed by atoms with E-state index in [9.17, 15) is 59.8 Å². The van der Waals surface area contributed by atoms with E-state index in [0.717, 1.165) is 83.4 Å². The molecule has 107 heavy (non-hydrogen) atoms. The van der Waals surface area contributed by atoms with E-state index in [0.29, 0.717) is 42.7 Å². The molecule has 0 radical (unpaired) electrons. The average Bonchev–Trinajstić information content (AvgIpc) is 1.60. The third kappa shape index (κ3) is 21.3. The first-order chi connectivity index (χ1) is 51.0. The number of amidine groups is 1. The molecule has 7 heterocycles. The maximum Gasteiger partial charge on any atom is 0.416 e. The summed E-state index contributed by atoms with van der Waals surface area (Å²) in [5.74, 6) is 14.8. The van der Waals surface area contributed by atoms with E-state index in [1.54, 1.807) is 49.5 Å². The van der Waals surface area contributed by atoms with Crippen LogP contribution in [0.25, 0.3) is 0 Å². The number of imidazole rings is 1. The molecule has 23 nitrogen and oxygen atoms in total. The van der Waals surface area contributed by atoms with E-state index in [2.05, 4.69) is 82.6 Å². The van der Waals surface area contributed by atoms with Crippen LogP contribution >= 0.6 is 0 Å². The Hall–Kier alpha value is -12.6. The zero-order valence-corrected chi connectivity index (χ0v) is 58.4. The number of piperidine rings is 1. The number of aliphatic hydroxyl groups excluding tert-OH is 1. The van der Waals surface area contributed by atoms with Crippen LogP contribution in [0.1, 0.15) is 129 Å². The summed E-state index contributed by atoms with van der Waals surface area (Å²) in [6, 6.07) is 24.3. The Morgan fingerprint density at radius 1 is 0.673 bits per heavy atom. The lowest BCUT2D eigenvalue weighted by atomic mass is 9.97. The van der Waals surface area contributed by atoms with Crippen LogP contribution in [0.15, 0.2) is 148 Å². The Bertz CT molecular complexity index is 5040. The van der Waals surface area contributed by atoms with E-state index in [-0.39, 0.29) is 113 Å². The number of anilines is 4. The molecule has 9 aromatic rings. The summed E-state index contributed by atoms with van der Waals surface area (Å²) in [7, 11) is 3.98. The van der Waals surface area contributed by atoms with Crippen molar-refractivity contribution in [2.24, 2.45) is 23.5 Å². The molecule has 3 amide bonds. The number of oxazole rings is 2. The van der Waals surface area contributed by atoms with Gasteiger partial charge in [0, 0.05) is 116 Å². The SMILES string of the molecule is CCOC(N)=Nc1ncc(C#Cc2cc(NC(=O)c3cc(N4CCC[C@H](O)C4)cc(C(F)(F)F)c3)ccn2)o1.Cc1ccc(C(=O)Cc2cc(F)cc(N3CCN(C)CC3)c2)cc1C#Cc1cncn1C.Cc1ccc(C(=O)Cc2cc(N3CCOC3=O)cc(C(F)(F)F)c2)cc1C#Cc1cnc(C(N)=O)o1. The van der Waals surface area contributed by atoms with Gasteiger partial charge in [-0.1, -0.05) is 36.1 Å². The van der Waals surface area contributed by atoms with Gasteiger partial charge in [0.25, 0.3) is 17.8 Å². The number of alkyl halides is 6. The summed E-state index contributed by atoms with van der Waals surface area (Å²) < 4.78 is 118. The highest BCUT2D eigenvalue weighted by Crippen LogP contribution is 2.36. The number of β-amino-alcohol motifs (C(OH)–C–C–N with tert-alkyl or cyclic N) is 1. The Kier molecular flexibility index (Phi) is 24.7. The predicted molar refractivity (Wildman–Crippen MR) is 381 cm³/mol. The number of aliphatic imine (C=N–C) groups is 1. The number of hydrogen-bond donors (Lipinski definition) is 4. The van der Waals surface area contributed by atoms with Gasteiger partial charge in [0.05, 0.1) is 55.3 Å². The van der Waals surface area contributed by atoms with Gasteiger partial charge in [-0.2, -0.15) is 31.3 Å². The van der Waals surface area contributed by atoms with Crippen molar-refractivity contribution < 1.29 is 78.1 Å². The average molecular weight is 1470 g/mol. The lowest BCUT2D eigenvalue weighted by Crippen LogP contribution is -2.44. The molecule has 5 aromatic carbocycles. The maximum absolute atomic E-state index is 14.3. The molecule has 3 saturated heterocycles. The van der Waals surface area contributed by atoms with Gasteiger partial charge < -0.3 is 59.5 Å². The summed E-state index contributed by atoms with van der Waals surface area (Å²) in [6.07, 6.45) is -2.32. The Balaban J connectivity index is 0.000000172. The standard InChI is InChI=1S/C26H25F3N6O4.C26H27FN4O.C25H18F3N3O5/c1-2-38-24(30)34-25-32-14-22(39-25)6-5-18-13-19(7-8-31-18)33-23(37)16-10-17(26(27,28)29)12-20(11-16)35-9-3-4-21(36)15-35;1-19-4-5-22(15-21(19)6-7-24-17-28-18-30(24)3)26(32)14-20-12-23(27)16-25(13-20)31-10-8-29(2)9-11-31;1-14-2-3-17(11-16(14)4-5-20-13-30-23(36-20)22(29)33)21(32)10-15-8-18(25(26,27)28)12-19(9-15)31-6-7-35-24(31)34/h7-8,10-14,21,36H,2-4,9,15H2,1H3,(H2,30,32,34)(H,31,33,37);4-5,12-13,15-18H,8-11,14H2,1-3H3;2-3,8-9,11-13H,6-7,10H2,1H3,(H2,29,33)/t21-;;/m0../s1. The number of amides is 3. The molecule has 0 aliphatic carbocycles. The number of benzene rings is 5. The van der Waals surface area contributed by atoms with Gasteiger partial charge >= 0.3 is 30.4 Å². The maximum atomic E-state index is 14.3. The smallest absolute Gasteiger partial charge is 0.416 e. The molecule has 30 heteroatoms. The van der Waals surface area contributed by atoms with Gasteiger partial charge in [0.15, 0.2) is 23.1 Å². The van der Waals surface area contributed by atoms with Crippen LogP contribution < -0.4 is 31.5 Å². The lowest BCUT2D eigenvalue weighted by molar-refractivity contribution is -0.138. The van der Waals surface area contributed by atoms with E-state index < -0.39 is 53.3 Å². The number of nitrogens with two attached hydrogens (primary N) is 2. The normalized spacial score (nSPS) is 14.5. The van der Waals surface area contributed by atoms with Crippen LogP contribution in [0.5, 0.6) is 0 Å². The molecule has 6 N–H and O–H groups in total. The Morgan fingerprint density at radius 2 is 1.30 bits per heavy atom. The van der Waals surface area contributed by atoms with Gasteiger partial charge in [-0.25, -0.2) is 24.1 Å². The minimum atomic E-state index is -4.67. The molecule has 0 unspecified atom stereocenters. The number of piperazine rings is 1. The fraction of sp³-hybridized carbons (Fsp3) is 0.273. The van der Waals surface area contributed by atoms with Crippen LogP contribution in [0.4, 0.5) is 64.3 Å². The van der Waals surface area contributed by atoms with Crippen molar-refractivity contribution in [3.05, 3.63) is 230 Å². The molecule has 3 fully saturated rings. The van der Waals surface area contributed by atoms with Crippen LogP contribution in [-0.2, 0) is 41.7 Å². The number of cyclic esters (lactones) is 1. The van der Waals surface area contributed by atoms with E-state index in [1.807, 2.05) is 42.8 Å². The molecule has 0 saturated carbocycles. The molecule has 3 aliphatic heterocycles. The first-order valence-corrected chi connectivity index (χ1v) is 33.3. The number of halogens is 7. The van der Waals surface area contributed by atoms with E-state index >= 15 is 0 Å². The molecule has 0 bridgehead atoms. The predicted octanol–water partition coefficient (Wildman–Crippen LogP) is 11.0. The second-order valence-electron chi connectivity index (χ2n) is 24.8. The van der Waals surface area contributed by atoms with Crippen LogP contribution in [0.3, 0.4) is 0 Å². The van der Waals surface area contributed by atoms with Gasteiger partial charge in [-0.15, -0.1) is 4.99 Å². The summed E-state index contributed by atoms with van der Waals surface area (Å²) in [5, 5.41) is 12.5. The first kappa shape index (κ1) is 77.0. The van der Waals surface area contributed by atoms with Crippen molar-refractivity contribution in [1.29, 1.82) is 0 Å². The second-order valence-corrected chi connectivity index (χ2v) is 24.8. The molecular weight excluding hydrogens is 1400 g/mol. The number of aromatic nitrogens is 5. The quantitative estimate of drug-likeness (QED) is 0.0259. The fourth-order valence-corrected chi connectivity index (χ4v) is 11.2. The number of pyridine rings is 1. The summed E-state index contributed by atoms with van der Waals surface area (Å²) in [5.41, 5.74) is 15.6. The number of ether oxygens (including phenoxy) is 2. The number of nitrogens with zero attached hydrogens (tertiary/aromatic N) is 10. The van der Waals surface area contributed by atoms with Gasteiger partial charge in [0.1, 0.15) is 23.8 Å². The van der Waals surface area contributed by atoms with E-state index in [1.165, 1.54) is 55.0 Å². The highest BCUT2D eigenvalue weighted by molar-refractivity contribution is 6.05. The number of ketones is 2. The van der Waals surface area contributed by atoms with E-state index in [4.69, 9.17) is 29.8 Å². The number of hydrogen-bond acceptors (Lipinski definition) is 18. The zero-order chi connectivity index (χ0) is 76.7. The lowest BCUT2D eigenvalue weighted by Gasteiger charge is -2.34. The number of aliphatic hydroxyl groups is 1. The largest absolute Gasteiger partial charge is 0.465 e. The number of primary amides is 1. The van der Waals surface area contributed by atoms with Crippen molar-refractivity contribution >= 4 is 64.3 Å². The number of Topliss-reactive ketones (excluding diaryl/α,β-unsaturated/α-hetero) is 2. The topological polar surface area (TPSA) is 296 Å². The van der Waals surface area contributed by atoms with Crippen molar-refractivity contribution in [2.45, 2.75) is 64.9 Å². The minimum Gasteiger partial charge on any atom is -0.465 e. The molecular formula is C77H70F7N13O10. The summed E-state index contributed by atoms with van der Waals surface area (Å²) >= 11 is 0. The second kappa shape index (κ2) is 34.3. The number of carbonyl (C=O) groups excluding carboxylic acids is 5. The number of rotatable bonds is 14. The Morgan fingerprint density at radius 3 is 1.93 bits per heavy atom. The van der Waals surface area contributed by atoms with Crippen LogP contribution in [-0.4, -0.2) is 142 Å². The zero-order valence-electron chi connectivity index (χ0n) is 58.4. The molecule has 12 rings (SSSR count). The minimum absolute atomic E-state index is 0.00738. The van der Waals surface area contributed by atoms with Crippen molar-refractivity contribution in [1.82, 2.24) is 29.4 Å². The van der Waals surface area contributed by atoms with Gasteiger partial charge in [-0.05, 0) is 165 Å². The number of nitrogens with one attached hydrogen (secondary N) is 1. The molecule has 3 aliphatic rings.